The first-order valence-electron chi connectivity index (χ1n) is 3.21. The van der Waals surface area contributed by atoms with Gasteiger partial charge in [-0.3, -0.25) is 0 Å². The van der Waals surface area contributed by atoms with Gasteiger partial charge in [-0.05, 0) is 0 Å². The summed E-state index contributed by atoms with van der Waals surface area (Å²) < 4.78 is 37.5. The minimum Gasteiger partial charge on any atom is -0.351 e. The van der Waals surface area contributed by atoms with Crippen LogP contribution >= 0.6 is 12.4 Å². The molecule has 0 bridgehead atoms. The summed E-state index contributed by atoms with van der Waals surface area (Å²) in [5.41, 5.74) is 4.15. The molecule has 0 atom stereocenters. The third-order valence-electron chi connectivity index (χ3n) is 1.27. The first-order valence-corrected chi connectivity index (χ1v) is 3.21. The van der Waals surface area contributed by atoms with Crippen LogP contribution < -0.4 is 11.1 Å². The second-order valence-electron chi connectivity index (χ2n) is 2.24. The van der Waals surface area contributed by atoms with Gasteiger partial charge in [0.2, 0.25) is 0 Å². The minimum absolute atomic E-state index is 0. The van der Waals surface area contributed by atoms with Gasteiger partial charge in [0.05, 0.1) is 5.69 Å². The van der Waals surface area contributed by atoms with E-state index in [-0.39, 0.29) is 12.4 Å². The van der Waals surface area contributed by atoms with Gasteiger partial charge in [-0.15, -0.1) is 12.4 Å². The molecule has 0 saturated heterocycles. The fraction of sp³-hybridized carbons (Fsp3) is 0. The topological polar surface area (TPSA) is 55.1 Å². The maximum absolute atomic E-state index is 12.7. The fourth-order valence-corrected chi connectivity index (χ4v) is 0.751. The highest BCUT2D eigenvalue weighted by atomic mass is 35.5. The Bertz CT molecular complexity index is 359. The van der Waals surface area contributed by atoms with Crippen molar-refractivity contribution in [2.75, 3.05) is 5.32 Å². The minimum atomic E-state index is -1.33. The number of anilines is 1. The van der Waals surface area contributed by atoms with Crippen molar-refractivity contribution in [2.45, 2.75) is 0 Å². The number of halogens is 4. The predicted octanol–water partition coefficient (Wildman–Crippen LogP) is 2.02. The maximum atomic E-state index is 12.7. The third-order valence-corrected chi connectivity index (χ3v) is 1.27. The molecule has 0 heterocycles. The van der Waals surface area contributed by atoms with E-state index in [0.717, 1.165) is 0 Å². The van der Waals surface area contributed by atoms with Gasteiger partial charge >= 0.3 is 6.03 Å². The molecule has 0 saturated carbocycles. The van der Waals surface area contributed by atoms with Gasteiger partial charge in [-0.1, -0.05) is 0 Å². The van der Waals surface area contributed by atoms with Crippen LogP contribution in [0.2, 0.25) is 0 Å². The summed E-state index contributed by atoms with van der Waals surface area (Å²) in [4.78, 5) is 10.2. The zero-order valence-corrected chi connectivity index (χ0v) is 7.50. The number of amides is 2. The molecule has 0 spiro atoms. The van der Waals surface area contributed by atoms with Crippen LogP contribution in [0, 0.1) is 17.5 Å². The average Bonchev–Trinajstić information content (AvgIpc) is 1.99. The summed E-state index contributed by atoms with van der Waals surface area (Å²) in [7, 11) is 0. The number of carbonyl (C=O) groups excluding carboxylic acids is 1. The molecule has 0 aliphatic rings. The van der Waals surface area contributed by atoms with Crippen LogP contribution in [-0.4, -0.2) is 6.03 Å². The molecule has 0 fully saturated rings. The lowest BCUT2D eigenvalue weighted by Crippen LogP contribution is -2.20. The van der Waals surface area contributed by atoms with Gasteiger partial charge < -0.3 is 11.1 Å². The first kappa shape index (κ1) is 12.6. The van der Waals surface area contributed by atoms with E-state index in [1.807, 2.05) is 0 Å². The maximum Gasteiger partial charge on any atom is 0.316 e. The standard InChI is InChI=1S/C7H5F3N2O.ClH/c8-3-1-5(10)6(2-4(3)9)12-7(11)13;/h1-2H,(H3,11,12,13);1H. The Labute approximate surface area is 83.5 Å². The van der Waals surface area contributed by atoms with Crippen molar-refractivity contribution in [1.29, 1.82) is 0 Å². The van der Waals surface area contributed by atoms with Crippen molar-refractivity contribution >= 4 is 24.1 Å². The number of nitrogens with one attached hydrogen (secondary N) is 1. The Morgan fingerprint density at radius 2 is 1.64 bits per heavy atom. The molecule has 3 nitrogen and oxygen atoms in total. The first-order chi connectivity index (χ1) is 6.00. The summed E-state index contributed by atoms with van der Waals surface area (Å²) in [6.07, 6.45) is 0. The molecule has 0 aliphatic carbocycles. The molecule has 0 unspecified atom stereocenters. The molecular formula is C7H6ClF3N2O. The molecule has 0 aromatic heterocycles. The zero-order chi connectivity index (χ0) is 10.0. The molecule has 14 heavy (non-hydrogen) atoms. The van der Waals surface area contributed by atoms with Gasteiger partial charge in [-0.25, -0.2) is 18.0 Å². The van der Waals surface area contributed by atoms with Crippen LogP contribution in [0.1, 0.15) is 0 Å². The van der Waals surface area contributed by atoms with E-state index in [1.54, 1.807) is 5.32 Å². The van der Waals surface area contributed by atoms with E-state index in [1.165, 1.54) is 0 Å². The van der Waals surface area contributed by atoms with Crippen LogP contribution in [0.5, 0.6) is 0 Å². The average molecular weight is 227 g/mol. The Morgan fingerprint density at radius 1 is 1.14 bits per heavy atom. The molecule has 1 aromatic carbocycles. The summed E-state index contributed by atoms with van der Waals surface area (Å²) in [6, 6.07) is -0.222. The Kier molecular flexibility index (Phi) is 4.23. The van der Waals surface area contributed by atoms with E-state index in [4.69, 9.17) is 0 Å². The van der Waals surface area contributed by atoms with Gasteiger partial charge in [-0.2, -0.15) is 0 Å². The van der Waals surface area contributed by atoms with Gasteiger partial charge in [0, 0.05) is 12.1 Å². The lowest BCUT2D eigenvalue weighted by atomic mass is 10.3. The fourth-order valence-electron chi connectivity index (χ4n) is 0.751. The van der Waals surface area contributed by atoms with Crippen molar-refractivity contribution in [2.24, 2.45) is 5.73 Å². The van der Waals surface area contributed by atoms with Gasteiger partial charge in [0.15, 0.2) is 11.6 Å². The smallest absolute Gasteiger partial charge is 0.316 e. The SMILES string of the molecule is Cl.NC(=O)Nc1cc(F)c(F)cc1F. The van der Waals surface area contributed by atoms with Gasteiger partial charge in [0.25, 0.3) is 0 Å². The van der Waals surface area contributed by atoms with Crippen LogP contribution in [0.25, 0.3) is 0 Å². The van der Waals surface area contributed by atoms with E-state index in [9.17, 15) is 18.0 Å². The number of primary amides is 1. The molecule has 3 N–H and O–H groups in total. The number of benzene rings is 1. The van der Waals surface area contributed by atoms with E-state index < -0.39 is 29.2 Å². The number of nitrogens with two attached hydrogens (primary N) is 1. The molecule has 0 radical (unpaired) electrons. The number of hydrogen-bond acceptors (Lipinski definition) is 1. The van der Waals surface area contributed by atoms with E-state index >= 15 is 0 Å². The third kappa shape index (κ3) is 2.81. The van der Waals surface area contributed by atoms with Crippen molar-refractivity contribution < 1.29 is 18.0 Å². The molecule has 78 valence electrons. The van der Waals surface area contributed by atoms with E-state index in [0.29, 0.717) is 12.1 Å². The quantitative estimate of drug-likeness (QED) is 0.707. The number of urea groups is 1. The molecule has 0 aliphatic heterocycles. The number of hydrogen-bond donors (Lipinski definition) is 2. The molecule has 1 rings (SSSR count). The summed E-state index contributed by atoms with van der Waals surface area (Å²) in [5.74, 6) is -3.67. The van der Waals surface area contributed by atoms with Crippen LogP contribution in [0.15, 0.2) is 12.1 Å². The van der Waals surface area contributed by atoms with Crippen LogP contribution in [0.3, 0.4) is 0 Å². The van der Waals surface area contributed by atoms with Crippen LogP contribution in [-0.2, 0) is 0 Å². The van der Waals surface area contributed by atoms with Crippen molar-refractivity contribution in [3.8, 4) is 0 Å². The number of rotatable bonds is 1. The Hall–Kier alpha value is -1.43. The number of carbonyl (C=O) groups is 1. The highest BCUT2D eigenvalue weighted by molar-refractivity contribution is 5.87. The second-order valence-corrected chi connectivity index (χ2v) is 2.24. The normalized spacial score (nSPS) is 9.07. The molecule has 1 aromatic rings. The highest BCUT2D eigenvalue weighted by Gasteiger charge is 2.10. The molecule has 7 heteroatoms. The van der Waals surface area contributed by atoms with Crippen molar-refractivity contribution in [3.63, 3.8) is 0 Å². The lowest BCUT2D eigenvalue weighted by molar-refractivity contribution is 0.259. The lowest BCUT2D eigenvalue weighted by Gasteiger charge is -2.03. The van der Waals surface area contributed by atoms with Gasteiger partial charge in [0.1, 0.15) is 5.82 Å². The Morgan fingerprint density at radius 3 is 2.14 bits per heavy atom. The van der Waals surface area contributed by atoms with Crippen molar-refractivity contribution in [1.82, 2.24) is 0 Å². The Balaban J connectivity index is 0.00000169. The largest absolute Gasteiger partial charge is 0.351 e. The monoisotopic (exact) mass is 226 g/mol. The molecular weight excluding hydrogens is 221 g/mol. The summed E-state index contributed by atoms with van der Waals surface area (Å²) in [5, 5.41) is 1.80. The zero-order valence-electron chi connectivity index (χ0n) is 6.68. The van der Waals surface area contributed by atoms with Crippen LogP contribution in [0.4, 0.5) is 23.7 Å². The second kappa shape index (κ2) is 4.71. The predicted molar refractivity (Wildman–Crippen MR) is 46.8 cm³/mol. The summed E-state index contributed by atoms with van der Waals surface area (Å²) in [6.45, 7) is 0. The van der Waals surface area contributed by atoms with E-state index in [2.05, 4.69) is 5.73 Å². The van der Waals surface area contributed by atoms with Crippen molar-refractivity contribution in [3.05, 3.63) is 29.6 Å². The summed E-state index contributed by atoms with van der Waals surface area (Å²) >= 11 is 0. The molecule has 2 amide bonds. The highest BCUT2D eigenvalue weighted by Crippen LogP contribution is 2.17.